The summed E-state index contributed by atoms with van der Waals surface area (Å²) in [6.07, 6.45) is 1.21. The Hall–Kier alpha value is -7.95. The first kappa shape index (κ1) is 70.1. The van der Waals surface area contributed by atoms with Crippen LogP contribution in [0.1, 0.15) is 78.8 Å². The third kappa shape index (κ3) is 28.1. The van der Waals surface area contributed by atoms with Crippen molar-refractivity contribution in [2.75, 3.05) is 38.5 Å². The lowest BCUT2D eigenvalue weighted by molar-refractivity contribution is -0.142. The zero-order valence-electron chi connectivity index (χ0n) is 45.0. The first-order valence-electron chi connectivity index (χ1n) is 24.9. The number of nitrogens with zero attached hydrogens (tertiary/aromatic N) is 3. The Morgan fingerprint density at radius 3 is 1.55 bits per heavy atom. The molecule has 23 N–H and O–H groups in total. The Kier molecular flexibility index (Phi) is 31.1. The van der Waals surface area contributed by atoms with Crippen LogP contribution in [0, 0.1) is 5.92 Å². The van der Waals surface area contributed by atoms with Crippen molar-refractivity contribution in [2.45, 2.75) is 133 Å². The molecule has 448 valence electrons. The average molecular weight is 1170 g/mol. The topological polar surface area (TPSA) is 549 Å². The number of hydrogen-bond acceptors (Lipinski definition) is 18. The predicted molar refractivity (Wildman–Crippen MR) is 295 cm³/mol. The van der Waals surface area contributed by atoms with Gasteiger partial charge in [0.25, 0.3) is 0 Å². The number of nitrogens with two attached hydrogens (primary N) is 5. The van der Waals surface area contributed by atoms with E-state index >= 15 is 0 Å². The highest BCUT2D eigenvalue weighted by molar-refractivity contribution is 7.81. The standard InChI is InChI=1S/C45H77N19O14S2/c1-21(2)12-26(37(72)61-25(9-7-11-53-44(49)50)36(71)63-29(19-79)40(75)57-22(3)42(77)78)62-39(74)28(14-33(68)69)59-31(66)17-54-35(70)24(8-6-10-52-43(47)48)60-38(73)27(13-23-16-51-20-56-23)58-32(67)18-55-41(76)34(45(4,5)80)64-30(65)15-46/h16,20-22,24-29,34,79-80H,6-15,17-19,46H2,1-5H3,(H,51,56)(H,54,70)(H,55,76)(H,57,75)(H,58,67)(H,59,66)(H,60,73)(H,61,72)(H,62,74)(H,63,71)(H,64,65)(H,68,69)(H,77,78)(H4,47,48,52)(H4,49,50,53)/t22-,24-,25-,26-,27-,28-,29-,34+/m0/s1. The zero-order valence-corrected chi connectivity index (χ0v) is 46.7. The Morgan fingerprint density at radius 2 is 1.09 bits per heavy atom. The highest BCUT2D eigenvalue weighted by Crippen LogP contribution is 2.18. The molecule has 0 saturated carbocycles. The molecule has 0 aliphatic heterocycles. The van der Waals surface area contributed by atoms with Gasteiger partial charge >= 0.3 is 11.9 Å². The number of carbonyl (C=O) groups is 12. The minimum absolute atomic E-state index is 0.00129. The minimum Gasteiger partial charge on any atom is -0.481 e. The second kappa shape index (κ2) is 35.5. The summed E-state index contributed by atoms with van der Waals surface area (Å²) in [6.45, 7) is 5.60. The number of carbonyl (C=O) groups excluding carboxylic acids is 10. The summed E-state index contributed by atoms with van der Waals surface area (Å²) in [5.41, 5.74) is 27.4. The number of guanidine groups is 2. The molecule has 10 amide bonds. The van der Waals surface area contributed by atoms with Crippen molar-refractivity contribution in [3.63, 3.8) is 0 Å². The number of H-pyrrole nitrogens is 1. The molecule has 0 aromatic carbocycles. The van der Waals surface area contributed by atoms with Crippen molar-refractivity contribution < 1.29 is 67.7 Å². The summed E-state index contributed by atoms with van der Waals surface area (Å²) in [5.74, 6) is -13.3. The van der Waals surface area contributed by atoms with Crippen LogP contribution in [0.15, 0.2) is 22.5 Å². The molecule has 0 aliphatic carbocycles. The summed E-state index contributed by atoms with van der Waals surface area (Å²) < 4.78 is -1.11. The number of hydrogen-bond donors (Lipinski definition) is 20. The van der Waals surface area contributed by atoms with E-state index in [-0.39, 0.29) is 75.2 Å². The van der Waals surface area contributed by atoms with E-state index in [2.05, 4.69) is 98.4 Å². The van der Waals surface area contributed by atoms with E-state index in [1.165, 1.54) is 33.3 Å². The molecule has 0 radical (unpaired) electrons. The van der Waals surface area contributed by atoms with Gasteiger partial charge in [-0.15, -0.1) is 0 Å². The van der Waals surface area contributed by atoms with Crippen molar-refractivity contribution in [3.05, 3.63) is 18.2 Å². The summed E-state index contributed by atoms with van der Waals surface area (Å²) >= 11 is 8.45. The third-order valence-electron chi connectivity index (χ3n) is 11.0. The Morgan fingerprint density at radius 1 is 0.625 bits per heavy atom. The van der Waals surface area contributed by atoms with Crippen molar-refractivity contribution >= 4 is 108 Å². The van der Waals surface area contributed by atoms with Gasteiger partial charge in [0.2, 0.25) is 59.1 Å². The molecular weight excluding hydrogens is 1090 g/mol. The van der Waals surface area contributed by atoms with Crippen molar-refractivity contribution in [2.24, 2.45) is 44.6 Å². The fourth-order valence-corrected chi connectivity index (χ4v) is 7.39. The van der Waals surface area contributed by atoms with E-state index in [1.54, 1.807) is 13.8 Å². The van der Waals surface area contributed by atoms with E-state index in [0.717, 1.165) is 0 Å². The minimum atomic E-state index is -1.87. The first-order chi connectivity index (χ1) is 37.4. The smallest absolute Gasteiger partial charge is 0.325 e. The first-order valence-corrected chi connectivity index (χ1v) is 26.0. The van der Waals surface area contributed by atoms with Crippen LogP contribution in [0.2, 0.25) is 0 Å². The average Bonchev–Trinajstić information content (AvgIpc) is 3.88. The number of carboxylic acids is 2. The Balaban J connectivity index is 3.36. The SMILES string of the molecule is CC(C)C[C@H](NC(=O)[C@H](CC(=O)O)NC(=O)CNC(=O)[C@H](CCCN=C(N)N)NC(=O)[C@H](Cc1cnc[nH]1)NC(=O)CNC(=O)[C@@H](NC(=O)CN)C(C)(C)S)C(=O)N[C@@H](CCCN=C(N)N)C(=O)N[C@@H](CS)C(=O)N[C@@H](C)C(=O)O. The molecule has 33 nitrogen and oxygen atoms in total. The van der Waals surface area contributed by atoms with Crippen LogP contribution in [0.3, 0.4) is 0 Å². The molecule has 1 aromatic rings. The van der Waals surface area contributed by atoms with Crippen LogP contribution in [0.25, 0.3) is 0 Å². The van der Waals surface area contributed by atoms with Crippen LogP contribution >= 0.6 is 25.3 Å². The Bertz CT molecular complexity index is 2360. The molecule has 80 heavy (non-hydrogen) atoms. The van der Waals surface area contributed by atoms with Crippen LogP contribution in [-0.4, -0.2) is 195 Å². The quantitative estimate of drug-likeness (QED) is 0.0127. The summed E-state index contributed by atoms with van der Waals surface area (Å²) in [7, 11) is 0. The van der Waals surface area contributed by atoms with Gasteiger partial charge in [0.05, 0.1) is 32.4 Å². The molecule has 8 atom stereocenters. The lowest BCUT2D eigenvalue weighted by atomic mass is 10.0. The second-order valence-corrected chi connectivity index (χ2v) is 20.5. The molecule has 1 rings (SSSR count). The van der Waals surface area contributed by atoms with E-state index < -0.39 is 150 Å². The number of amides is 10. The number of carboxylic acid groups (broad SMARTS) is 2. The van der Waals surface area contributed by atoms with Gasteiger partial charge < -0.3 is 97.0 Å². The summed E-state index contributed by atoms with van der Waals surface area (Å²) in [6, 6.07) is -11.6. The normalized spacial score (nSPS) is 14.0. The van der Waals surface area contributed by atoms with Crippen LogP contribution in [0.5, 0.6) is 0 Å². The van der Waals surface area contributed by atoms with Gasteiger partial charge in [0, 0.05) is 41.9 Å². The molecule has 0 aliphatic rings. The fourth-order valence-electron chi connectivity index (χ4n) is 6.95. The van der Waals surface area contributed by atoms with E-state index in [4.69, 9.17) is 28.7 Å². The van der Waals surface area contributed by atoms with Crippen LogP contribution < -0.4 is 81.8 Å². The fraction of sp³-hybridized carbons (Fsp3) is 0.622. The number of nitrogens with one attached hydrogen (secondary N) is 11. The summed E-state index contributed by atoms with van der Waals surface area (Å²) in [5, 5.41) is 42.8. The largest absolute Gasteiger partial charge is 0.481 e. The molecule has 0 fully saturated rings. The Labute approximate surface area is 471 Å². The molecule has 1 aromatic heterocycles. The van der Waals surface area contributed by atoms with Gasteiger partial charge in [-0.05, 0) is 58.8 Å². The van der Waals surface area contributed by atoms with Crippen LogP contribution in [0.4, 0.5) is 0 Å². The van der Waals surface area contributed by atoms with Crippen molar-refractivity contribution in [1.29, 1.82) is 0 Å². The monoisotopic (exact) mass is 1170 g/mol. The van der Waals surface area contributed by atoms with Gasteiger partial charge in [-0.2, -0.15) is 25.3 Å². The number of aromatic amines is 1. The molecule has 0 unspecified atom stereocenters. The maximum absolute atomic E-state index is 13.9. The van der Waals surface area contributed by atoms with Gasteiger partial charge in [-0.3, -0.25) is 67.5 Å². The van der Waals surface area contributed by atoms with Crippen molar-refractivity contribution in [3.8, 4) is 0 Å². The van der Waals surface area contributed by atoms with E-state index in [9.17, 15) is 67.7 Å². The van der Waals surface area contributed by atoms with Gasteiger partial charge in [-0.25, -0.2) is 4.98 Å². The second-order valence-electron chi connectivity index (χ2n) is 18.9. The molecule has 1 heterocycles. The van der Waals surface area contributed by atoms with E-state index in [0.29, 0.717) is 5.69 Å². The number of aromatic nitrogens is 2. The van der Waals surface area contributed by atoms with Crippen LogP contribution in [-0.2, 0) is 64.0 Å². The third-order valence-corrected chi connectivity index (χ3v) is 11.6. The summed E-state index contributed by atoms with van der Waals surface area (Å²) in [4.78, 5) is 171. The number of thiol groups is 2. The predicted octanol–water partition coefficient (Wildman–Crippen LogP) is -7.61. The molecule has 0 saturated heterocycles. The van der Waals surface area contributed by atoms with Gasteiger partial charge in [-0.1, -0.05) is 13.8 Å². The number of aliphatic imine (C=N–C) groups is 2. The lowest BCUT2D eigenvalue weighted by Gasteiger charge is -2.29. The molecule has 35 heteroatoms. The number of rotatable bonds is 37. The molecule has 0 spiro atoms. The van der Waals surface area contributed by atoms with Crippen molar-refractivity contribution in [1.82, 2.24) is 63.1 Å². The zero-order chi connectivity index (χ0) is 60.9. The highest BCUT2D eigenvalue weighted by Gasteiger charge is 2.36. The lowest BCUT2D eigenvalue weighted by Crippen LogP contribution is -2.59. The number of aliphatic carboxylic acids is 2. The maximum atomic E-state index is 13.9. The molecule has 0 bridgehead atoms. The molecular formula is C45H77N19O14S2. The maximum Gasteiger partial charge on any atom is 0.325 e. The number of imidazole rings is 1. The van der Waals surface area contributed by atoms with Gasteiger partial charge in [0.15, 0.2) is 11.9 Å². The highest BCUT2D eigenvalue weighted by atomic mass is 32.1. The van der Waals surface area contributed by atoms with E-state index in [1.807, 2.05) is 0 Å². The van der Waals surface area contributed by atoms with Gasteiger partial charge in [0.1, 0.15) is 48.3 Å².